The first-order chi connectivity index (χ1) is 8.36. The summed E-state index contributed by atoms with van der Waals surface area (Å²) in [6.07, 6.45) is 0.858. The summed E-state index contributed by atoms with van der Waals surface area (Å²) in [5.41, 5.74) is 2.74. The van der Waals surface area contributed by atoms with Crippen LogP contribution in [0.5, 0.6) is 0 Å². The van der Waals surface area contributed by atoms with Crippen LogP contribution < -0.4 is 4.90 Å². The van der Waals surface area contributed by atoms with E-state index in [1.54, 1.807) is 11.9 Å². The standard InChI is InChI=1S/C15H21NO2/c1-5-15(2,3)14(18)10-6-7-12-11(8-10)9-13(17)16(12)4/h6-8,14,18H,5,9H2,1-4H3. The van der Waals surface area contributed by atoms with Gasteiger partial charge in [-0.15, -0.1) is 0 Å². The van der Waals surface area contributed by atoms with Crippen molar-refractivity contribution >= 4 is 11.6 Å². The van der Waals surface area contributed by atoms with E-state index in [1.165, 1.54) is 0 Å². The predicted molar refractivity (Wildman–Crippen MR) is 72.6 cm³/mol. The number of carbonyl (C=O) groups excluding carboxylic acids is 1. The second-order valence-corrected chi connectivity index (χ2v) is 5.76. The van der Waals surface area contributed by atoms with E-state index in [-0.39, 0.29) is 11.3 Å². The van der Waals surface area contributed by atoms with Crippen molar-refractivity contribution in [3.8, 4) is 0 Å². The zero-order valence-electron chi connectivity index (χ0n) is 11.5. The average Bonchev–Trinajstić information content (AvgIpc) is 2.63. The van der Waals surface area contributed by atoms with Gasteiger partial charge in [0.15, 0.2) is 0 Å². The van der Waals surface area contributed by atoms with Gasteiger partial charge in [0, 0.05) is 12.7 Å². The van der Waals surface area contributed by atoms with Gasteiger partial charge >= 0.3 is 0 Å². The molecule has 1 atom stereocenters. The molecule has 2 rings (SSSR count). The molecule has 0 fully saturated rings. The average molecular weight is 247 g/mol. The Bertz CT molecular complexity index is 479. The van der Waals surface area contributed by atoms with Gasteiger partial charge in [-0.25, -0.2) is 0 Å². The molecule has 0 aliphatic carbocycles. The third-order valence-corrected chi connectivity index (χ3v) is 4.15. The Morgan fingerprint density at radius 2 is 2.11 bits per heavy atom. The fourth-order valence-corrected chi connectivity index (χ4v) is 2.30. The second kappa shape index (κ2) is 4.39. The molecule has 1 aromatic rings. The fraction of sp³-hybridized carbons (Fsp3) is 0.533. The Kier molecular flexibility index (Phi) is 3.20. The highest BCUT2D eigenvalue weighted by Crippen LogP contribution is 2.38. The van der Waals surface area contributed by atoms with E-state index < -0.39 is 6.10 Å². The molecule has 98 valence electrons. The number of fused-ring (bicyclic) bond motifs is 1. The van der Waals surface area contributed by atoms with Crippen LogP contribution in [0.25, 0.3) is 0 Å². The lowest BCUT2D eigenvalue weighted by atomic mass is 9.80. The maximum absolute atomic E-state index is 11.6. The molecule has 0 bridgehead atoms. The van der Waals surface area contributed by atoms with E-state index in [0.717, 1.165) is 23.2 Å². The normalized spacial score (nSPS) is 16.9. The lowest BCUT2D eigenvalue weighted by Crippen LogP contribution is -2.21. The Morgan fingerprint density at radius 3 is 2.72 bits per heavy atom. The number of amides is 1. The number of benzene rings is 1. The smallest absolute Gasteiger partial charge is 0.231 e. The number of hydrogen-bond donors (Lipinski definition) is 1. The van der Waals surface area contributed by atoms with Gasteiger partial charge in [-0.05, 0) is 29.0 Å². The molecule has 1 amide bonds. The quantitative estimate of drug-likeness (QED) is 0.892. The van der Waals surface area contributed by atoms with Crippen molar-refractivity contribution in [1.29, 1.82) is 0 Å². The first kappa shape index (κ1) is 13.1. The number of anilines is 1. The molecule has 0 radical (unpaired) electrons. The second-order valence-electron chi connectivity index (χ2n) is 5.76. The number of nitrogens with zero attached hydrogens (tertiary/aromatic N) is 1. The first-order valence-corrected chi connectivity index (χ1v) is 6.44. The number of aliphatic hydroxyl groups is 1. The van der Waals surface area contributed by atoms with Crippen molar-refractivity contribution < 1.29 is 9.90 Å². The van der Waals surface area contributed by atoms with Gasteiger partial charge in [0.2, 0.25) is 5.91 Å². The molecule has 18 heavy (non-hydrogen) atoms. The summed E-state index contributed by atoms with van der Waals surface area (Å²) in [5, 5.41) is 10.4. The largest absolute Gasteiger partial charge is 0.388 e. The van der Waals surface area contributed by atoms with Gasteiger partial charge < -0.3 is 10.0 Å². The van der Waals surface area contributed by atoms with E-state index >= 15 is 0 Å². The number of aliphatic hydroxyl groups excluding tert-OH is 1. The van der Waals surface area contributed by atoms with Gasteiger partial charge in [0.25, 0.3) is 0 Å². The summed E-state index contributed by atoms with van der Waals surface area (Å²) in [7, 11) is 1.79. The van der Waals surface area contributed by atoms with E-state index in [1.807, 2.05) is 18.2 Å². The number of hydrogen-bond acceptors (Lipinski definition) is 2. The Balaban J connectivity index is 2.34. The van der Waals surface area contributed by atoms with Crippen LogP contribution in [0.4, 0.5) is 5.69 Å². The minimum absolute atomic E-state index is 0.117. The zero-order chi connectivity index (χ0) is 13.5. The molecular weight excluding hydrogens is 226 g/mol. The summed E-state index contributed by atoms with van der Waals surface area (Å²) < 4.78 is 0. The molecule has 1 unspecified atom stereocenters. The van der Waals surface area contributed by atoms with Gasteiger partial charge in [0.05, 0.1) is 12.5 Å². The van der Waals surface area contributed by atoms with Crippen LogP contribution in [-0.2, 0) is 11.2 Å². The van der Waals surface area contributed by atoms with E-state index in [9.17, 15) is 9.90 Å². The summed E-state index contributed by atoms with van der Waals surface area (Å²) in [5.74, 6) is 0.117. The third-order valence-electron chi connectivity index (χ3n) is 4.15. The Hall–Kier alpha value is -1.35. The minimum Gasteiger partial charge on any atom is -0.388 e. The minimum atomic E-state index is -0.492. The Morgan fingerprint density at radius 1 is 1.44 bits per heavy atom. The molecule has 0 aromatic heterocycles. The molecule has 1 aliphatic heterocycles. The van der Waals surface area contributed by atoms with Gasteiger partial charge in [0.1, 0.15) is 0 Å². The van der Waals surface area contributed by atoms with Crippen molar-refractivity contribution in [2.45, 2.75) is 39.7 Å². The topological polar surface area (TPSA) is 40.5 Å². The Labute approximate surface area is 108 Å². The monoisotopic (exact) mass is 247 g/mol. The molecule has 1 aromatic carbocycles. The molecule has 1 aliphatic rings. The SMILES string of the molecule is CCC(C)(C)C(O)c1ccc2c(c1)CC(=O)N2C. The lowest BCUT2D eigenvalue weighted by Gasteiger charge is -2.29. The lowest BCUT2D eigenvalue weighted by molar-refractivity contribution is -0.117. The van der Waals surface area contributed by atoms with Crippen molar-refractivity contribution in [3.63, 3.8) is 0 Å². The van der Waals surface area contributed by atoms with Crippen molar-refractivity contribution in [3.05, 3.63) is 29.3 Å². The molecule has 1 N–H and O–H groups in total. The highest BCUT2D eigenvalue weighted by atomic mass is 16.3. The summed E-state index contributed by atoms with van der Waals surface area (Å²) in [6.45, 7) is 6.19. The molecule has 1 heterocycles. The number of rotatable bonds is 3. The van der Waals surface area contributed by atoms with E-state index in [2.05, 4.69) is 20.8 Å². The van der Waals surface area contributed by atoms with Crippen molar-refractivity contribution in [2.24, 2.45) is 5.41 Å². The summed E-state index contributed by atoms with van der Waals surface area (Å²) in [4.78, 5) is 13.3. The maximum atomic E-state index is 11.6. The van der Waals surface area contributed by atoms with Crippen LogP contribution in [0, 0.1) is 5.41 Å². The van der Waals surface area contributed by atoms with Crippen molar-refractivity contribution in [2.75, 3.05) is 11.9 Å². The van der Waals surface area contributed by atoms with Crippen LogP contribution in [0.3, 0.4) is 0 Å². The number of carbonyl (C=O) groups is 1. The molecule has 0 saturated heterocycles. The van der Waals surface area contributed by atoms with Crippen LogP contribution in [0.15, 0.2) is 18.2 Å². The number of likely N-dealkylation sites (N-methyl/N-ethyl adjacent to an activating group) is 1. The van der Waals surface area contributed by atoms with Crippen LogP contribution in [0.2, 0.25) is 0 Å². The first-order valence-electron chi connectivity index (χ1n) is 6.44. The summed E-state index contributed by atoms with van der Waals surface area (Å²) >= 11 is 0. The predicted octanol–water partition coefficient (Wildman–Crippen LogP) is 2.68. The molecule has 3 nitrogen and oxygen atoms in total. The highest BCUT2D eigenvalue weighted by molar-refractivity contribution is 6.00. The van der Waals surface area contributed by atoms with E-state index in [0.29, 0.717) is 6.42 Å². The maximum Gasteiger partial charge on any atom is 0.231 e. The molecule has 0 saturated carbocycles. The summed E-state index contributed by atoms with van der Waals surface area (Å²) in [6, 6.07) is 5.83. The molecule has 3 heteroatoms. The zero-order valence-corrected chi connectivity index (χ0v) is 11.5. The van der Waals surface area contributed by atoms with Crippen LogP contribution in [0.1, 0.15) is 44.4 Å². The van der Waals surface area contributed by atoms with Crippen LogP contribution in [-0.4, -0.2) is 18.1 Å². The van der Waals surface area contributed by atoms with Crippen LogP contribution >= 0.6 is 0 Å². The highest BCUT2D eigenvalue weighted by Gasteiger charge is 2.30. The van der Waals surface area contributed by atoms with E-state index in [4.69, 9.17) is 0 Å². The molecule has 0 spiro atoms. The van der Waals surface area contributed by atoms with Gasteiger partial charge in [-0.1, -0.05) is 32.9 Å². The molecular formula is C15H21NO2. The fourth-order valence-electron chi connectivity index (χ4n) is 2.30. The van der Waals surface area contributed by atoms with Gasteiger partial charge in [-0.2, -0.15) is 0 Å². The van der Waals surface area contributed by atoms with Gasteiger partial charge in [-0.3, -0.25) is 4.79 Å². The third kappa shape index (κ3) is 2.03. The van der Waals surface area contributed by atoms with Crippen molar-refractivity contribution in [1.82, 2.24) is 0 Å².